The number of hydrogen-bond acceptors (Lipinski definition) is 3. The Bertz CT molecular complexity index is 812. The standard InChI is InChI=1S/C15H13BrN4O/c1-10-7-18-20(8-10)9-14(21)19-13-5-4-12(16)11-3-2-6-17-15(11)13/h2-8H,9H2,1H3,(H,19,21). The summed E-state index contributed by atoms with van der Waals surface area (Å²) in [5, 5.41) is 7.96. The summed E-state index contributed by atoms with van der Waals surface area (Å²) in [5.41, 5.74) is 2.48. The first-order chi connectivity index (χ1) is 10.1. The van der Waals surface area contributed by atoms with Crippen molar-refractivity contribution in [1.82, 2.24) is 14.8 Å². The summed E-state index contributed by atoms with van der Waals surface area (Å²) in [4.78, 5) is 16.4. The number of pyridine rings is 1. The second-order valence-corrected chi connectivity index (χ2v) is 5.61. The Kier molecular flexibility index (Phi) is 3.70. The molecule has 106 valence electrons. The molecular formula is C15H13BrN4O. The maximum absolute atomic E-state index is 12.1. The second kappa shape index (κ2) is 5.65. The Morgan fingerprint density at radius 1 is 1.38 bits per heavy atom. The quantitative estimate of drug-likeness (QED) is 0.793. The van der Waals surface area contributed by atoms with Crippen molar-refractivity contribution in [3.63, 3.8) is 0 Å². The predicted molar refractivity (Wildman–Crippen MR) is 85.0 cm³/mol. The molecule has 3 aromatic rings. The van der Waals surface area contributed by atoms with Gasteiger partial charge in [-0.05, 0) is 30.7 Å². The molecule has 2 aromatic heterocycles. The molecule has 0 fully saturated rings. The lowest BCUT2D eigenvalue weighted by molar-refractivity contribution is -0.116. The number of halogens is 1. The average Bonchev–Trinajstić information content (AvgIpc) is 2.87. The average molecular weight is 345 g/mol. The maximum Gasteiger partial charge on any atom is 0.246 e. The van der Waals surface area contributed by atoms with E-state index in [1.165, 1.54) is 0 Å². The van der Waals surface area contributed by atoms with E-state index in [1.54, 1.807) is 17.1 Å². The first-order valence-electron chi connectivity index (χ1n) is 6.45. The van der Waals surface area contributed by atoms with Gasteiger partial charge < -0.3 is 5.32 Å². The van der Waals surface area contributed by atoms with Gasteiger partial charge in [0.05, 0.1) is 17.4 Å². The van der Waals surface area contributed by atoms with Crippen LogP contribution in [0, 0.1) is 6.92 Å². The van der Waals surface area contributed by atoms with E-state index in [2.05, 4.69) is 31.3 Å². The maximum atomic E-state index is 12.1. The molecule has 0 saturated heterocycles. The highest BCUT2D eigenvalue weighted by molar-refractivity contribution is 9.10. The van der Waals surface area contributed by atoms with E-state index >= 15 is 0 Å². The zero-order valence-corrected chi connectivity index (χ0v) is 13.0. The van der Waals surface area contributed by atoms with Crippen molar-refractivity contribution in [1.29, 1.82) is 0 Å². The van der Waals surface area contributed by atoms with Crippen LogP contribution in [0.4, 0.5) is 5.69 Å². The van der Waals surface area contributed by atoms with E-state index in [9.17, 15) is 4.79 Å². The van der Waals surface area contributed by atoms with Gasteiger partial charge in [0.1, 0.15) is 6.54 Å². The van der Waals surface area contributed by atoms with Gasteiger partial charge in [0.15, 0.2) is 0 Å². The fourth-order valence-corrected chi connectivity index (χ4v) is 2.58. The molecule has 0 aliphatic heterocycles. The van der Waals surface area contributed by atoms with Gasteiger partial charge in [0.2, 0.25) is 5.91 Å². The van der Waals surface area contributed by atoms with Crippen molar-refractivity contribution in [3.8, 4) is 0 Å². The van der Waals surface area contributed by atoms with Crippen LogP contribution in [-0.2, 0) is 11.3 Å². The normalized spacial score (nSPS) is 10.8. The lowest BCUT2D eigenvalue weighted by Gasteiger charge is -2.09. The number of benzene rings is 1. The van der Waals surface area contributed by atoms with E-state index in [-0.39, 0.29) is 12.5 Å². The predicted octanol–water partition coefficient (Wildman–Crippen LogP) is 3.14. The fourth-order valence-electron chi connectivity index (χ4n) is 2.13. The van der Waals surface area contributed by atoms with E-state index in [0.29, 0.717) is 5.69 Å². The van der Waals surface area contributed by atoms with Gasteiger partial charge in [0.25, 0.3) is 0 Å². The van der Waals surface area contributed by atoms with Gasteiger partial charge in [0, 0.05) is 22.3 Å². The van der Waals surface area contributed by atoms with Crippen molar-refractivity contribution < 1.29 is 4.79 Å². The molecule has 0 aliphatic rings. The van der Waals surface area contributed by atoms with E-state index in [0.717, 1.165) is 20.9 Å². The van der Waals surface area contributed by atoms with Crippen molar-refractivity contribution >= 4 is 38.4 Å². The summed E-state index contributed by atoms with van der Waals surface area (Å²) < 4.78 is 2.56. The van der Waals surface area contributed by atoms with Crippen LogP contribution >= 0.6 is 15.9 Å². The van der Waals surface area contributed by atoms with Crippen molar-refractivity contribution in [2.24, 2.45) is 0 Å². The van der Waals surface area contributed by atoms with Crippen LogP contribution in [0.15, 0.2) is 47.3 Å². The number of nitrogens with zero attached hydrogens (tertiary/aromatic N) is 3. The van der Waals surface area contributed by atoms with Crippen molar-refractivity contribution in [2.45, 2.75) is 13.5 Å². The molecule has 1 N–H and O–H groups in total. The molecule has 1 aromatic carbocycles. The Labute approximate surface area is 130 Å². The lowest BCUT2D eigenvalue weighted by Crippen LogP contribution is -2.19. The highest BCUT2D eigenvalue weighted by Gasteiger charge is 2.09. The number of rotatable bonds is 3. The third kappa shape index (κ3) is 2.95. The van der Waals surface area contributed by atoms with Gasteiger partial charge in [-0.2, -0.15) is 5.10 Å². The number of anilines is 1. The summed E-state index contributed by atoms with van der Waals surface area (Å²) >= 11 is 3.49. The highest BCUT2D eigenvalue weighted by atomic mass is 79.9. The van der Waals surface area contributed by atoms with Crippen LogP contribution in [0.1, 0.15) is 5.56 Å². The minimum absolute atomic E-state index is 0.132. The molecule has 0 spiro atoms. The molecule has 0 radical (unpaired) electrons. The molecular weight excluding hydrogens is 332 g/mol. The molecule has 2 heterocycles. The number of amides is 1. The first-order valence-corrected chi connectivity index (χ1v) is 7.25. The Balaban J connectivity index is 1.85. The number of hydrogen-bond donors (Lipinski definition) is 1. The highest BCUT2D eigenvalue weighted by Crippen LogP contribution is 2.28. The zero-order chi connectivity index (χ0) is 14.8. The van der Waals surface area contributed by atoms with Gasteiger partial charge >= 0.3 is 0 Å². The van der Waals surface area contributed by atoms with Crippen molar-refractivity contribution in [3.05, 3.63) is 52.9 Å². The number of fused-ring (bicyclic) bond motifs is 1. The van der Waals surface area contributed by atoms with E-state index in [1.807, 2.05) is 37.4 Å². The minimum atomic E-state index is -0.132. The minimum Gasteiger partial charge on any atom is -0.323 e. The second-order valence-electron chi connectivity index (χ2n) is 4.76. The summed E-state index contributed by atoms with van der Waals surface area (Å²) in [7, 11) is 0. The summed E-state index contributed by atoms with van der Waals surface area (Å²) in [5.74, 6) is -0.132. The monoisotopic (exact) mass is 344 g/mol. The van der Waals surface area contributed by atoms with Crippen LogP contribution in [0.25, 0.3) is 10.9 Å². The largest absolute Gasteiger partial charge is 0.323 e. The molecule has 0 aliphatic carbocycles. The summed E-state index contributed by atoms with van der Waals surface area (Å²) in [6.45, 7) is 2.12. The number of nitrogens with one attached hydrogen (secondary N) is 1. The molecule has 0 bridgehead atoms. The fraction of sp³-hybridized carbons (Fsp3) is 0.133. The van der Waals surface area contributed by atoms with Crippen LogP contribution in [0.5, 0.6) is 0 Å². The molecule has 0 saturated carbocycles. The molecule has 0 unspecified atom stereocenters. The number of carbonyl (C=O) groups is 1. The Morgan fingerprint density at radius 2 is 2.24 bits per heavy atom. The third-order valence-electron chi connectivity index (χ3n) is 3.06. The van der Waals surface area contributed by atoms with Gasteiger partial charge in [-0.25, -0.2) is 0 Å². The molecule has 5 nitrogen and oxygen atoms in total. The van der Waals surface area contributed by atoms with Crippen LogP contribution in [-0.4, -0.2) is 20.7 Å². The number of aromatic nitrogens is 3. The topological polar surface area (TPSA) is 59.8 Å². The molecule has 0 atom stereocenters. The van der Waals surface area contributed by atoms with Crippen LogP contribution in [0.3, 0.4) is 0 Å². The number of carbonyl (C=O) groups excluding carboxylic acids is 1. The van der Waals surface area contributed by atoms with Gasteiger partial charge in [-0.1, -0.05) is 22.0 Å². The lowest BCUT2D eigenvalue weighted by atomic mass is 10.2. The van der Waals surface area contributed by atoms with Crippen LogP contribution < -0.4 is 5.32 Å². The molecule has 1 amide bonds. The Hall–Kier alpha value is -2.21. The first kappa shape index (κ1) is 13.8. The Morgan fingerprint density at radius 3 is 3.00 bits per heavy atom. The van der Waals surface area contributed by atoms with E-state index < -0.39 is 0 Å². The number of aryl methyl sites for hydroxylation is 1. The molecule has 6 heteroatoms. The van der Waals surface area contributed by atoms with Gasteiger partial charge in [-0.3, -0.25) is 14.5 Å². The van der Waals surface area contributed by atoms with Crippen molar-refractivity contribution in [2.75, 3.05) is 5.32 Å². The van der Waals surface area contributed by atoms with Gasteiger partial charge in [-0.15, -0.1) is 0 Å². The molecule has 3 rings (SSSR count). The third-order valence-corrected chi connectivity index (χ3v) is 3.75. The van der Waals surface area contributed by atoms with E-state index in [4.69, 9.17) is 0 Å². The SMILES string of the molecule is Cc1cnn(CC(=O)Nc2ccc(Br)c3cccnc23)c1. The summed E-state index contributed by atoms with van der Waals surface area (Å²) in [6, 6.07) is 7.56. The van der Waals surface area contributed by atoms with Crippen LogP contribution in [0.2, 0.25) is 0 Å². The smallest absolute Gasteiger partial charge is 0.246 e. The summed E-state index contributed by atoms with van der Waals surface area (Å²) in [6.07, 6.45) is 5.27. The zero-order valence-electron chi connectivity index (χ0n) is 11.4. The molecule has 21 heavy (non-hydrogen) atoms.